The molecule has 3 heteroatoms. The van der Waals surface area contributed by atoms with Gasteiger partial charge in [0.25, 0.3) is 0 Å². The largest absolute Gasteiger partial charge is 0.479 e. The normalized spacial score (nSPS) is 6.56. The third-order valence-electron chi connectivity index (χ3n) is 0.268. The molecule has 0 aliphatic carbocycles. The highest BCUT2D eigenvalue weighted by molar-refractivity contribution is 8.10. The first kappa shape index (κ1) is 11.7. The Morgan fingerprint density at radius 3 is 2.22 bits per heavy atom. The maximum atomic E-state index is 4.64. The number of allylic oxidation sites excluding steroid dienone is 1. The molecule has 0 heterocycles. The molecule has 9 heavy (non-hydrogen) atoms. The van der Waals surface area contributed by atoms with Gasteiger partial charge in [-0.2, -0.15) is 0 Å². The highest BCUT2D eigenvalue weighted by atomic mass is 32.1. The molecule has 0 unspecified atom stereocenters. The average molecular weight is 164 g/mol. The van der Waals surface area contributed by atoms with Crippen LogP contribution in [0.15, 0.2) is 12.7 Å². The molecule has 1 nitrogen and oxygen atoms in total. The van der Waals surface area contributed by atoms with Gasteiger partial charge < -0.3 is 4.74 Å². The molecule has 0 aromatic heterocycles. The molecule has 0 atom stereocenters. The predicted molar refractivity (Wildman–Crippen MR) is 49.1 cm³/mol. The van der Waals surface area contributed by atoms with Crippen LogP contribution in [0.3, 0.4) is 0 Å². The van der Waals surface area contributed by atoms with E-state index in [0.717, 1.165) is 0 Å². The van der Waals surface area contributed by atoms with Crippen LogP contribution in [-0.4, -0.2) is 11.0 Å². The highest BCUT2D eigenvalue weighted by Crippen LogP contribution is 1.83. The number of thiol groups is 1. The van der Waals surface area contributed by atoms with Crippen molar-refractivity contribution in [1.29, 1.82) is 0 Å². The van der Waals surface area contributed by atoms with Gasteiger partial charge in [0.2, 0.25) is 4.38 Å². The van der Waals surface area contributed by atoms with Crippen molar-refractivity contribution in [1.82, 2.24) is 0 Å². The molecule has 0 aliphatic heterocycles. The fraction of sp³-hybridized carbons (Fsp3) is 0.500. The van der Waals surface area contributed by atoms with E-state index in [4.69, 9.17) is 0 Å². The molecular weight excluding hydrogens is 152 g/mol. The highest BCUT2D eigenvalue weighted by Gasteiger charge is 1.77. The second kappa shape index (κ2) is 10.9. The predicted octanol–water partition coefficient (Wildman–Crippen LogP) is 2.43. The molecule has 0 saturated carbocycles. The van der Waals surface area contributed by atoms with Crippen LogP contribution in [-0.2, 0) is 4.74 Å². The van der Waals surface area contributed by atoms with Crippen LogP contribution in [0.5, 0.6) is 0 Å². The van der Waals surface area contributed by atoms with Crippen LogP contribution >= 0.6 is 24.8 Å². The second-order valence-corrected chi connectivity index (χ2v) is 2.19. The van der Waals surface area contributed by atoms with E-state index in [1.54, 1.807) is 6.08 Å². The van der Waals surface area contributed by atoms with Gasteiger partial charge in [0.1, 0.15) is 0 Å². The smallest absolute Gasteiger partial charge is 0.216 e. The van der Waals surface area contributed by atoms with Gasteiger partial charge in [-0.25, -0.2) is 0 Å². The number of hydrogen-bond donors (Lipinski definition) is 1. The summed E-state index contributed by atoms with van der Waals surface area (Å²) >= 11 is 8.12. The van der Waals surface area contributed by atoms with Crippen molar-refractivity contribution in [2.45, 2.75) is 13.8 Å². The minimum absolute atomic E-state index is 0.317. The van der Waals surface area contributed by atoms with Crippen LogP contribution in [0.1, 0.15) is 13.8 Å². The van der Waals surface area contributed by atoms with E-state index in [0.29, 0.717) is 11.0 Å². The molecule has 54 valence electrons. The van der Waals surface area contributed by atoms with E-state index in [1.165, 1.54) is 0 Å². The van der Waals surface area contributed by atoms with Crippen molar-refractivity contribution in [3.8, 4) is 0 Å². The van der Waals surface area contributed by atoms with Gasteiger partial charge >= 0.3 is 0 Å². The molecule has 0 radical (unpaired) electrons. The van der Waals surface area contributed by atoms with Crippen LogP contribution < -0.4 is 0 Å². The Kier molecular flexibility index (Phi) is 14.2. The molecule has 0 fully saturated rings. The van der Waals surface area contributed by atoms with E-state index in [1.807, 2.05) is 13.8 Å². The van der Waals surface area contributed by atoms with Gasteiger partial charge in [-0.1, -0.05) is 18.7 Å². The molecule has 0 aromatic carbocycles. The molecule has 0 N–H and O–H groups in total. The molecule has 0 spiro atoms. The minimum Gasteiger partial charge on any atom is -0.479 e. The average Bonchev–Trinajstić information content (AvgIpc) is 1.67. The van der Waals surface area contributed by atoms with E-state index in [2.05, 4.69) is 36.2 Å². The lowest BCUT2D eigenvalue weighted by atomic mass is 10.8. The van der Waals surface area contributed by atoms with Crippen molar-refractivity contribution in [3.63, 3.8) is 0 Å². The van der Waals surface area contributed by atoms with E-state index in [9.17, 15) is 0 Å². The number of hydrogen-bond acceptors (Lipinski definition) is 2. The third-order valence-corrected chi connectivity index (χ3v) is 0.515. The zero-order valence-electron chi connectivity index (χ0n) is 5.76. The summed E-state index contributed by atoms with van der Waals surface area (Å²) in [4.78, 5) is 0. The van der Waals surface area contributed by atoms with Crippen LogP contribution in [0.25, 0.3) is 0 Å². The van der Waals surface area contributed by atoms with Crippen LogP contribution in [0, 0.1) is 0 Å². The SMILES string of the molecule is C=CC.CCOC(=S)S. The van der Waals surface area contributed by atoms with Crippen molar-refractivity contribution in [2.75, 3.05) is 6.61 Å². The first-order valence-electron chi connectivity index (χ1n) is 2.61. The van der Waals surface area contributed by atoms with E-state index >= 15 is 0 Å². The summed E-state index contributed by atoms with van der Waals surface area (Å²) in [7, 11) is 0. The Hall–Kier alpha value is -0.0200. The quantitative estimate of drug-likeness (QED) is 0.362. The Morgan fingerprint density at radius 1 is 1.89 bits per heavy atom. The summed E-state index contributed by atoms with van der Waals surface area (Å²) in [5.74, 6) is 0. The fourth-order valence-electron chi connectivity index (χ4n) is 0.123. The van der Waals surface area contributed by atoms with Crippen molar-refractivity contribution < 1.29 is 4.74 Å². The van der Waals surface area contributed by atoms with Crippen LogP contribution in [0.2, 0.25) is 0 Å². The lowest BCUT2D eigenvalue weighted by Crippen LogP contribution is -1.89. The molecule has 0 aliphatic rings. The number of thiocarbonyl (C=S) groups is 1. The third kappa shape index (κ3) is 32.1. The second-order valence-electron chi connectivity index (χ2n) is 1.11. The monoisotopic (exact) mass is 164 g/mol. The Bertz CT molecular complexity index is 81.1. The number of ether oxygens (including phenoxy) is 1. The molecule has 0 rings (SSSR count). The Balaban J connectivity index is 0. The summed E-state index contributed by atoms with van der Waals surface area (Å²) < 4.78 is 4.95. The van der Waals surface area contributed by atoms with Crippen molar-refractivity contribution >= 4 is 29.2 Å². The molecule has 0 aromatic rings. The summed E-state index contributed by atoms with van der Waals surface area (Å²) in [6, 6.07) is 0. The summed E-state index contributed by atoms with van der Waals surface area (Å²) in [5, 5.41) is 0. The zero-order valence-corrected chi connectivity index (χ0v) is 7.47. The molecule has 0 amide bonds. The summed E-state index contributed by atoms with van der Waals surface area (Å²) in [6.07, 6.45) is 1.75. The van der Waals surface area contributed by atoms with Crippen molar-refractivity contribution in [2.24, 2.45) is 0 Å². The van der Waals surface area contributed by atoms with E-state index in [-0.39, 0.29) is 0 Å². The maximum absolute atomic E-state index is 4.64. The molecular formula is C6H12OS2. The van der Waals surface area contributed by atoms with Gasteiger partial charge in [0, 0.05) is 0 Å². The lowest BCUT2D eigenvalue weighted by Gasteiger charge is -1.92. The van der Waals surface area contributed by atoms with E-state index < -0.39 is 0 Å². The van der Waals surface area contributed by atoms with Gasteiger partial charge in [0.15, 0.2) is 0 Å². The fourth-order valence-corrected chi connectivity index (χ4v) is 0.370. The zero-order chi connectivity index (χ0) is 7.70. The standard InChI is InChI=1S/C3H6OS2.C3H6/c1-2-4-3(5)6;1-3-2/h2H2,1H3,(H,5,6);3H,1H2,2H3. The van der Waals surface area contributed by atoms with Gasteiger partial charge in [-0.15, -0.1) is 6.58 Å². The first-order chi connectivity index (χ1) is 4.18. The minimum atomic E-state index is 0.317. The first-order valence-corrected chi connectivity index (χ1v) is 3.47. The molecule has 0 bridgehead atoms. The van der Waals surface area contributed by atoms with Crippen LogP contribution in [0.4, 0.5) is 0 Å². The summed E-state index contributed by atoms with van der Waals surface area (Å²) in [5.41, 5.74) is 0. The Morgan fingerprint density at radius 2 is 2.22 bits per heavy atom. The summed E-state index contributed by atoms with van der Waals surface area (Å²) in [6.45, 7) is 7.73. The van der Waals surface area contributed by atoms with Gasteiger partial charge in [0.05, 0.1) is 6.61 Å². The maximum Gasteiger partial charge on any atom is 0.216 e. The topological polar surface area (TPSA) is 9.23 Å². The lowest BCUT2D eigenvalue weighted by molar-refractivity contribution is 0.346. The molecule has 0 saturated heterocycles. The number of rotatable bonds is 1. The van der Waals surface area contributed by atoms with Gasteiger partial charge in [-0.3, -0.25) is 0 Å². The van der Waals surface area contributed by atoms with Crippen molar-refractivity contribution in [3.05, 3.63) is 12.7 Å². The van der Waals surface area contributed by atoms with Gasteiger partial charge in [-0.05, 0) is 26.1 Å². The Labute approximate surface area is 67.5 Å².